The fourth-order valence-electron chi connectivity index (χ4n) is 5.50. The smallest absolute Gasteiger partial charge is 0.187 e. The van der Waals surface area contributed by atoms with E-state index in [1.807, 2.05) is 0 Å². The van der Waals surface area contributed by atoms with Gasteiger partial charge in [0, 0.05) is 6.42 Å². The number of ether oxygens (including phenoxy) is 7. The van der Waals surface area contributed by atoms with Crippen LogP contribution in [-0.4, -0.2) is 198 Å². The van der Waals surface area contributed by atoms with E-state index in [-0.39, 0.29) is 6.42 Å². The largest absolute Gasteiger partial charge is 0.394 e. The summed E-state index contributed by atoms with van der Waals surface area (Å²) >= 11 is 0. The number of rotatable bonds is 9. The molecule has 4 fully saturated rings. The molecule has 0 amide bonds. The van der Waals surface area contributed by atoms with E-state index in [9.17, 15) is 61.3 Å². The molecule has 0 aromatic heterocycles. The Labute approximate surface area is 244 Å². The van der Waals surface area contributed by atoms with E-state index < -0.39 is 137 Å². The summed E-state index contributed by atoms with van der Waals surface area (Å²) in [7, 11) is 0. The summed E-state index contributed by atoms with van der Waals surface area (Å²) < 4.78 is 38.2. The molecule has 12 N–H and O–H groups in total. The van der Waals surface area contributed by atoms with Gasteiger partial charge in [0.25, 0.3) is 0 Å². The molecule has 19 nitrogen and oxygen atoms in total. The lowest BCUT2D eigenvalue weighted by Crippen LogP contribution is -2.67. The van der Waals surface area contributed by atoms with Crippen LogP contribution in [0.3, 0.4) is 0 Å². The van der Waals surface area contributed by atoms with E-state index in [0.29, 0.717) is 0 Å². The van der Waals surface area contributed by atoms with Crippen LogP contribution in [0.15, 0.2) is 0 Å². The predicted molar refractivity (Wildman–Crippen MR) is 131 cm³/mol. The molecule has 19 atom stereocenters. The van der Waals surface area contributed by atoms with Crippen molar-refractivity contribution in [1.82, 2.24) is 0 Å². The van der Waals surface area contributed by atoms with Crippen LogP contribution in [0.1, 0.15) is 13.3 Å². The van der Waals surface area contributed by atoms with Gasteiger partial charge in [0.15, 0.2) is 25.2 Å². The highest BCUT2D eigenvalue weighted by Crippen LogP contribution is 2.33. The van der Waals surface area contributed by atoms with Gasteiger partial charge in [0.1, 0.15) is 79.4 Å². The van der Waals surface area contributed by atoms with E-state index >= 15 is 0 Å². The van der Waals surface area contributed by atoms with Crippen LogP contribution in [0, 0.1) is 0 Å². The minimum absolute atomic E-state index is 0.115. The Bertz CT molecular complexity index is 864. The second-order valence-electron chi connectivity index (χ2n) is 11.1. The lowest BCUT2D eigenvalue weighted by Gasteiger charge is -2.48. The fourth-order valence-corrected chi connectivity index (χ4v) is 5.50. The first-order chi connectivity index (χ1) is 20.3. The van der Waals surface area contributed by atoms with Crippen molar-refractivity contribution in [3.8, 4) is 0 Å². The lowest BCUT2D eigenvalue weighted by molar-refractivity contribution is -0.385. The van der Waals surface area contributed by atoms with E-state index in [0.717, 1.165) is 0 Å². The van der Waals surface area contributed by atoms with Gasteiger partial charge < -0.3 is 94.4 Å². The first-order valence-electron chi connectivity index (χ1n) is 13.9. The Hall–Kier alpha value is -0.760. The third-order valence-electron chi connectivity index (χ3n) is 7.97. The average Bonchev–Trinajstić information content (AvgIpc) is 2.98. The summed E-state index contributed by atoms with van der Waals surface area (Å²) in [6.45, 7) is -0.822. The van der Waals surface area contributed by atoms with E-state index in [1.54, 1.807) is 6.92 Å². The second kappa shape index (κ2) is 14.8. The number of aliphatic hydroxyl groups is 12. The zero-order chi connectivity index (χ0) is 31.7. The zero-order valence-electron chi connectivity index (χ0n) is 23.0. The molecule has 0 spiro atoms. The molecule has 4 aliphatic heterocycles. The monoisotopic (exact) mass is 634 g/mol. The molecule has 19 heteroatoms. The quantitative estimate of drug-likeness (QED) is 0.112. The Morgan fingerprint density at radius 3 is 1.28 bits per heavy atom. The minimum Gasteiger partial charge on any atom is -0.394 e. The third-order valence-corrected chi connectivity index (χ3v) is 7.97. The molecule has 4 rings (SSSR count). The number of hydrogen-bond acceptors (Lipinski definition) is 19. The molecule has 0 aromatic rings. The van der Waals surface area contributed by atoms with Crippen LogP contribution in [0.25, 0.3) is 0 Å². The SMILES string of the molecule is C[C@@H]1C[C@H](O)[C@@H](O)[C@@H](O[C@H]2[C@H](O)[C@@H](O)[C@@H](O[C@H]3[C@H](O)[C@@H](O)[C@@H](O[C@H]4[C@H](O)[C@@H](O)[C@@H](O)O[C@@H]4CO)O[C@@H]3CO)O[C@@H]2CO)O1. The Kier molecular flexibility index (Phi) is 12.1. The van der Waals surface area contributed by atoms with Crippen molar-refractivity contribution in [3.63, 3.8) is 0 Å². The summed E-state index contributed by atoms with van der Waals surface area (Å²) in [5, 5.41) is 123. The van der Waals surface area contributed by atoms with E-state index in [1.165, 1.54) is 0 Å². The highest BCUT2D eigenvalue weighted by molar-refractivity contribution is 4.97. The van der Waals surface area contributed by atoms with Crippen LogP contribution in [-0.2, 0) is 33.2 Å². The van der Waals surface area contributed by atoms with Crippen LogP contribution in [0.4, 0.5) is 0 Å². The maximum Gasteiger partial charge on any atom is 0.187 e. The van der Waals surface area contributed by atoms with Crippen molar-refractivity contribution in [3.05, 3.63) is 0 Å². The van der Waals surface area contributed by atoms with Gasteiger partial charge in [-0.1, -0.05) is 0 Å². The van der Waals surface area contributed by atoms with Crippen molar-refractivity contribution >= 4 is 0 Å². The van der Waals surface area contributed by atoms with Crippen molar-refractivity contribution in [1.29, 1.82) is 0 Å². The van der Waals surface area contributed by atoms with Gasteiger partial charge in [-0.3, -0.25) is 0 Å². The Morgan fingerprint density at radius 1 is 0.488 bits per heavy atom. The molecular formula is C24H42O19. The first-order valence-corrected chi connectivity index (χ1v) is 13.9. The Balaban J connectivity index is 1.43. The van der Waals surface area contributed by atoms with Gasteiger partial charge in [0.2, 0.25) is 0 Å². The molecule has 4 aliphatic rings. The van der Waals surface area contributed by atoms with E-state index in [2.05, 4.69) is 0 Å². The summed E-state index contributed by atoms with van der Waals surface area (Å²) in [5.41, 5.74) is 0. The maximum atomic E-state index is 10.9. The Morgan fingerprint density at radius 2 is 0.860 bits per heavy atom. The summed E-state index contributed by atoms with van der Waals surface area (Å²) in [4.78, 5) is 0. The van der Waals surface area contributed by atoms with Crippen LogP contribution in [0.5, 0.6) is 0 Å². The van der Waals surface area contributed by atoms with Gasteiger partial charge in [-0.15, -0.1) is 0 Å². The zero-order valence-corrected chi connectivity index (χ0v) is 23.0. The highest BCUT2D eigenvalue weighted by Gasteiger charge is 2.54. The molecule has 0 aromatic carbocycles. The molecule has 0 aliphatic carbocycles. The third kappa shape index (κ3) is 7.30. The van der Waals surface area contributed by atoms with Gasteiger partial charge in [-0.2, -0.15) is 0 Å². The van der Waals surface area contributed by atoms with Gasteiger partial charge in [0.05, 0.1) is 32.0 Å². The molecule has 0 unspecified atom stereocenters. The molecule has 252 valence electrons. The normalized spacial score (nSPS) is 53.1. The molecule has 0 bridgehead atoms. The summed E-state index contributed by atoms with van der Waals surface area (Å²) in [5.74, 6) is 0. The molecule has 0 radical (unpaired) electrons. The topological polar surface area (TPSA) is 307 Å². The minimum atomic E-state index is -1.96. The van der Waals surface area contributed by atoms with Crippen LogP contribution >= 0.6 is 0 Å². The van der Waals surface area contributed by atoms with Crippen molar-refractivity contribution in [2.24, 2.45) is 0 Å². The highest BCUT2D eigenvalue weighted by atomic mass is 16.8. The van der Waals surface area contributed by atoms with Crippen molar-refractivity contribution in [2.75, 3.05) is 19.8 Å². The number of hydrogen-bond donors (Lipinski definition) is 12. The maximum absolute atomic E-state index is 10.9. The molecule has 43 heavy (non-hydrogen) atoms. The lowest BCUT2D eigenvalue weighted by atomic mass is 9.96. The average molecular weight is 635 g/mol. The molecule has 4 heterocycles. The standard InChI is InChI=1S/C24H42O19/c1-6-2-7(28)11(29)22(37-6)41-19-9(4-26)39-24(16(34)13(19)31)43-20-10(5-27)40-23(17(35)14(20)32)42-18-8(3-25)38-21(36)15(33)12(18)30/h6-36H,2-5H2,1H3/t6-,7+,8-,9-,10-,11-,12-,13-,14-,15-,16-,17-,18-,19-,20-,21+,22-,23-,24-/m1/s1. The van der Waals surface area contributed by atoms with Crippen LogP contribution in [0.2, 0.25) is 0 Å². The van der Waals surface area contributed by atoms with Gasteiger partial charge in [-0.05, 0) is 6.92 Å². The van der Waals surface area contributed by atoms with Crippen molar-refractivity contribution < 1.29 is 94.4 Å². The summed E-state index contributed by atoms with van der Waals surface area (Å²) in [6, 6.07) is 0. The summed E-state index contributed by atoms with van der Waals surface area (Å²) in [6.07, 6.45) is -30.3. The van der Waals surface area contributed by atoms with Crippen molar-refractivity contribution in [2.45, 2.75) is 130 Å². The van der Waals surface area contributed by atoms with Gasteiger partial charge >= 0.3 is 0 Å². The second-order valence-corrected chi connectivity index (χ2v) is 11.1. The van der Waals surface area contributed by atoms with Gasteiger partial charge in [-0.25, -0.2) is 0 Å². The molecular weight excluding hydrogens is 592 g/mol. The van der Waals surface area contributed by atoms with Crippen LogP contribution < -0.4 is 0 Å². The fraction of sp³-hybridized carbons (Fsp3) is 1.00. The first kappa shape index (κ1) is 35.1. The number of aliphatic hydroxyl groups excluding tert-OH is 12. The predicted octanol–water partition coefficient (Wildman–Crippen LogP) is -7.69. The molecule has 4 saturated heterocycles. The van der Waals surface area contributed by atoms with E-state index in [4.69, 9.17) is 33.2 Å². The molecule has 0 saturated carbocycles.